The van der Waals surface area contributed by atoms with E-state index in [0.29, 0.717) is 42.2 Å². The smallest absolute Gasteiger partial charge is 0.332 e. The Morgan fingerprint density at radius 3 is 2.62 bits per heavy atom. The summed E-state index contributed by atoms with van der Waals surface area (Å²) in [6.45, 7) is 11.2. The van der Waals surface area contributed by atoms with Crippen molar-refractivity contribution in [1.29, 1.82) is 0 Å². The number of hydrogen-bond donors (Lipinski definition) is 1. The Morgan fingerprint density at radius 1 is 1.09 bits per heavy atom. The molecule has 1 spiro atoms. The first-order chi connectivity index (χ1) is 21.5. The number of rotatable bonds is 8. The zero-order valence-corrected chi connectivity index (χ0v) is 28.4. The van der Waals surface area contributed by atoms with Crippen LogP contribution in [-0.4, -0.2) is 28.7 Å². The number of nitrogens with one attached hydrogen (secondary N) is 1. The number of benzene rings is 2. The molecule has 45 heavy (non-hydrogen) atoms. The molecule has 1 aromatic heterocycles. The summed E-state index contributed by atoms with van der Waals surface area (Å²) in [4.78, 5) is 18.6. The number of ether oxygens (including phenoxy) is 2. The van der Waals surface area contributed by atoms with Crippen LogP contribution in [0, 0.1) is 11.8 Å². The predicted octanol–water partition coefficient (Wildman–Crippen LogP) is 9.46. The third-order valence-electron chi connectivity index (χ3n) is 10.6. The molecule has 240 valence electrons. The summed E-state index contributed by atoms with van der Waals surface area (Å²) in [5, 5.41) is 4.27. The van der Waals surface area contributed by atoms with Crippen LogP contribution in [0.2, 0.25) is 5.02 Å². The summed E-state index contributed by atoms with van der Waals surface area (Å²) in [6, 6.07) is 18.7. The van der Waals surface area contributed by atoms with E-state index in [4.69, 9.17) is 21.1 Å². The minimum Gasteiger partial charge on any atom is -0.493 e. The Bertz CT molecular complexity index is 1520. The van der Waals surface area contributed by atoms with Crippen molar-refractivity contribution in [1.82, 2.24) is 4.98 Å². The fourth-order valence-electron chi connectivity index (χ4n) is 8.43. The van der Waals surface area contributed by atoms with E-state index in [1.165, 1.54) is 35.2 Å². The Hall–Kier alpha value is -3.05. The van der Waals surface area contributed by atoms with Gasteiger partial charge in [-0.2, -0.15) is 0 Å². The molecule has 1 unspecified atom stereocenters. The van der Waals surface area contributed by atoms with Crippen LogP contribution in [-0.2, 0) is 27.8 Å². The number of nitrogens with zero attached hydrogens (tertiary/aromatic N) is 1. The van der Waals surface area contributed by atoms with E-state index in [0.717, 1.165) is 43.5 Å². The summed E-state index contributed by atoms with van der Waals surface area (Å²) in [7, 11) is 0. The van der Waals surface area contributed by atoms with Crippen molar-refractivity contribution in [2.24, 2.45) is 11.8 Å². The molecule has 5 nitrogen and oxygen atoms in total. The Morgan fingerprint density at radius 2 is 1.87 bits per heavy atom. The molecule has 3 aliphatic rings. The Balaban J connectivity index is 1.22. The minimum absolute atomic E-state index is 0.0245. The second-order valence-electron chi connectivity index (χ2n) is 15.0. The van der Waals surface area contributed by atoms with Crippen LogP contribution in [0.1, 0.15) is 108 Å². The monoisotopic (exact) mass is 628 g/mol. The summed E-state index contributed by atoms with van der Waals surface area (Å²) < 4.78 is 12.6. The Kier molecular flexibility index (Phi) is 8.95. The maximum Gasteiger partial charge on any atom is 0.332 e. The van der Waals surface area contributed by atoms with Gasteiger partial charge in [0.1, 0.15) is 16.9 Å². The molecule has 0 bridgehead atoms. The van der Waals surface area contributed by atoms with Gasteiger partial charge in [-0.25, -0.2) is 4.79 Å². The van der Waals surface area contributed by atoms with Gasteiger partial charge in [-0.15, -0.1) is 0 Å². The van der Waals surface area contributed by atoms with Crippen molar-refractivity contribution in [3.8, 4) is 5.75 Å². The van der Waals surface area contributed by atoms with Gasteiger partial charge in [0.2, 0.25) is 0 Å². The first-order valence-electron chi connectivity index (χ1n) is 16.9. The summed E-state index contributed by atoms with van der Waals surface area (Å²) in [5.74, 6) is 2.22. The van der Waals surface area contributed by atoms with E-state index < -0.39 is 11.1 Å². The largest absolute Gasteiger partial charge is 0.493 e. The highest BCUT2D eigenvalue weighted by Crippen LogP contribution is 2.56. The average molecular weight is 629 g/mol. The van der Waals surface area contributed by atoms with E-state index in [-0.39, 0.29) is 11.4 Å². The first-order valence-corrected chi connectivity index (χ1v) is 17.3. The normalized spacial score (nSPS) is 26.5. The van der Waals surface area contributed by atoms with Gasteiger partial charge in [-0.1, -0.05) is 55.8 Å². The number of carbonyl (C=O) groups is 1. The number of aromatic nitrogens is 1. The third kappa shape index (κ3) is 6.61. The van der Waals surface area contributed by atoms with Crippen LogP contribution >= 0.6 is 11.6 Å². The second-order valence-corrected chi connectivity index (χ2v) is 15.5. The number of fused-ring (bicyclic) bond motifs is 3. The number of anilines is 1. The standard InChI is InChI=1S/C39H49ClN2O3/c1-26(25-44-34-16-21-41-33-15-8-10-27(2)35(33)34)22-29-23-28-11-6-7-14-32(28)38(29)17-19-39(20-18-38,36(43)45-37(3,4)5)42-31-13-9-12-30(40)24-31/h6-7,9,11-14,16,21,24,26-27,29,42H,8,10,15,17-20,22-23,25H2,1-5H3/t26-,27-,29?,38?,39?/m1/s1. The van der Waals surface area contributed by atoms with Gasteiger partial charge in [-0.3, -0.25) is 4.98 Å². The van der Waals surface area contributed by atoms with Crippen LogP contribution in [0.4, 0.5) is 5.69 Å². The highest BCUT2D eigenvalue weighted by atomic mass is 35.5. The maximum absolute atomic E-state index is 13.9. The fraction of sp³-hybridized carbons (Fsp3) is 0.538. The molecule has 1 N–H and O–H groups in total. The third-order valence-corrected chi connectivity index (χ3v) is 10.8. The van der Waals surface area contributed by atoms with E-state index >= 15 is 0 Å². The van der Waals surface area contributed by atoms with Crippen LogP contribution in [0.25, 0.3) is 0 Å². The number of carbonyl (C=O) groups excluding carboxylic acids is 1. The highest BCUT2D eigenvalue weighted by molar-refractivity contribution is 6.30. The molecule has 0 saturated heterocycles. The molecule has 1 saturated carbocycles. The lowest BCUT2D eigenvalue weighted by Crippen LogP contribution is -2.55. The molecule has 3 aliphatic carbocycles. The highest BCUT2D eigenvalue weighted by Gasteiger charge is 2.54. The van der Waals surface area contributed by atoms with E-state index in [1.807, 2.05) is 51.2 Å². The molecule has 3 aromatic rings. The van der Waals surface area contributed by atoms with Gasteiger partial charge in [0.25, 0.3) is 0 Å². The van der Waals surface area contributed by atoms with E-state index in [9.17, 15) is 4.79 Å². The van der Waals surface area contributed by atoms with Gasteiger partial charge < -0.3 is 14.8 Å². The first kappa shape index (κ1) is 31.9. The maximum atomic E-state index is 13.9. The number of hydrogen-bond acceptors (Lipinski definition) is 5. The topological polar surface area (TPSA) is 60.5 Å². The minimum atomic E-state index is -0.808. The number of pyridine rings is 1. The molecule has 0 radical (unpaired) electrons. The quantitative estimate of drug-likeness (QED) is 0.252. The molecule has 6 rings (SSSR count). The van der Waals surface area contributed by atoms with Gasteiger partial charge in [0.15, 0.2) is 0 Å². The van der Waals surface area contributed by atoms with Gasteiger partial charge in [-0.05, 0) is 137 Å². The molecule has 6 heteroatoms. The lowest BCUT2D eigenvalue weighted by Gasteiger charge is -2.48. The molecule has 2 aromatic carbocycles. The summed E-state index contributed by atoms with van der Waals surface area (Å²) in [6.07, 6.45) is 10.8. The van der Waals surface area contributed by atoms with Crippen molar-refractivity contribution < 1.29 is 14.3 Å². The lowest BCUT2D eigenvalue weighted by molar-refractivity contribution is -0.162. The van der Waals surface area contributed by atoms with Crippen LogP contribution in [0.15, 0.2) is 60.8 Å². The number of esters is 1. The van der Waals surface area contributed by atoms with Crippen molar-refractivity contribution >= 4 is 23.3 Å². The molecular weight excluding hydrogens is 580 g/mol. The van der Waals surface area contributed by atoms with Gasteiger partial charge >= 0.3 is 5.97 Å². The fourth-order valence-corrected chi connectivity index (χ4v) is 8.62. The number of halogens is 1. The van der Waals surface area contributed by atoms with Crippen molar-refractivity contribution in [3.63, 3.8) is 0 Å². The molecule has 0 amide bonds. The predicted molar refractivity (Wildman–Crippen MR) is 182 cm³/mol. The molecular formula is C39H49ClN2O3. The molecule has 3 atom stereocenters. The van der Waals surface area contributed by atoms with Crippen molar-refractivity contribution in [3.05, 3.63) is 88.2 Å². The van der Waals surface area contributed by atoms with Crippen molar-refractivity contribution in [2.45, 2.75) is 115 Å². The Labute approximate surface area is 274 Å². The molecule has 1 heterocycles. The van der Waals surface area contributed by atoms with Crippen LogP contribution in [0.3, 0.4) is 0 Å². The van der Waals surface area contributed by atoms with Crippen LogP contribution < -0.4 is 10.1 Å². The zero-order chi connectivity index (χ0) is 31.8. The molecule has 1 fully saturated rings. The van der Waals surface area contributed by atoms with Crippen molar-refractivity contribution in [2.75, 3.05) is 11.9 Å². The zero-order valence-electron chi connectivity index (χ0n) is 27.6. The summed E-state index contributed by atoms with van der Waals surface area (Å²) in [5.41, 5.74) is 4.96. The lowest BCUT2D eigenvalue weighted by atomic mass is 9.59. The summed E-state index contributed by atoms with van der Waals surface area (Å²) >= 11 is 6.35. The van der Waals surface area contributed by atoms with E-state index in [1.54, 1.807) is 0 Å². The SMILES string of the molecule is C[C@@H](COc1ccnc2c1[C@H](C)CCC2)CC1Cc2ccccc2C12CCC(Nc1cccc(Cl)c1)(C(=O)OC(C)(C)C)CC2. The second kappa shape index (κ2) is 12.6. The number of aryl methyl sites for hydroxylation is 1. The van der Waals surface area contributed by atoms with E-state index in [2.05, 4.69) is 54.5 Å². The average Bonchev–Trinajstić information content (AvgIpc) is 3.28. The van der Waals surface area contributed by atoms with Gasteiger partial charge in [0, 0.05) is 28.2 Å². The van der Waals surface area contributed by atoms with Crippen LogP contribution in [0.5, 0.6) is 5.75 Å². The molecule has 0 aliphatic heterocycles. The van der Waals surface area contributed by atoms with Gasteiger partial charge in [0.05, 0.1) is 6.61 Å².